The van der Waals surface area contributed by atoms with Gasteiger partial charge < -0.3 is 5.32 Å². The largest absolute Gasteiger partial charge is 0.306 e. The molecule has 1 saturated heterocycles. The van der Waals surface area contributed by atoms with Crippen LogP contribution in [0, 0.1) is 0 Å². The molecule has 1 atom stereocenters. The fourth-order valence-corrected chi connectivity index (χ4v) is 3.07. The van der Waals surface area contributed by atoms with Crippen molar-refractivity contribution in [1.82, 2.24) is 5.32 Å². The lowest BCUT2D eigenvalue weighted by Gasteiger charge is -2.32. The number of nitrogens with one attached hydrogen (secondary N) is 1. The molecule has 1 fully saturated rings. The van der Waals surface area contributed by atoms with E-state index in [0.29, 0.717) is 6.54 Å². The number of carbonyl (C=O) groups excluding carboxylic acids is 1. The molecule has 0 radical (unpaired) electrons. The Labute approximate surface area is 95.2 Å². The third-order valence-corrected chi connectivity index (χ3v) is 3.84. The highest BCUT2D eigenvalue weighted by molar-refractivity contribution is 9.11. The molecule has 5 heteroatoms. The van der Waals surface area contributed by atoms with Crippen molar-refractivity contribution in [2.24, 2.45) is 0 Å². The summed E-state index contributed by atoms with van der Waals surface area (Å²) in [5, 5.41) is 4.12. The fraction of sp³-hybridized carbons (Fsp3) is 0.444. The zero-order chi connectivity index (χ0) is 10.1. The van der Waals surface area contributed by atoms with E-state index in [-0.39, 0.29) is 11.9 Å². The summed E-state index contributed by atoms with van der Waals surface area (Å²) >= 11 is 5.00. The predicted octanol–water partition coefficient (Wildman–Crippen LogP) is 1.84. The van der Waals surface area contributed by atoms with Crippen LogP contribution in [-0.4, -0.2) is 25.0 Å². The van der Waals surface area contributed by atoms with E-state index in [0.717, 1.165) is 15.3 Å². The lowest BCUT2D eigenvalue weighted by molar-refractivity contribution is -0.119. The van der Waals surface area contributed by atoms with Crippen molar-refractivity contribution in [2.45, 2.75) is 13.0 Å². The first kappa shape index (κ1) is 10.1. The predicted molar refractivity (Wildman–Crippen MR) is 61.8 cm³/mol. The Morgan fingerprint density at radius 2 is 2.43 bits per heavy atom. The first-order valence-electron chi connectivity index (χ1n) is 4.46. The molecule has 76 valence electrons. The maximum atomic E-state index is 11.7. The Bertz CT molecular complexity index is 352. The smallest absolute Gasteiger partial charge is 0.241 e. The molecule has 2 heterocycles. The van der Waals surface area contributed by atoms with Crippen LogP contribution in [0.25, 0.3) is 0 Å². The van der Waals surface area contributed by atoms with E-state index in [4.69, 9.17) is 0 Å². The van der Waals surface area contributed by atoms with Gasteiger partial charge >= 0.3 is 0 Å². The third-order valence-electron chi connectivity index (χ3n) is 2.22. The van der Waals surface area contributed by atoms with Crippen LogP contribution in [0.15, 0.2) is 15.9 Å². The summed E-state index contributed by atoms with van der Waals surface area (Å²) in [5.41, 5.74) is 0. The second-order valence-corrected chi connectivity index (χ2v) is 5.76. The van der Waals surface area contributed by atoms with Crippen molar-refractivity contribution in [3.63, 3.8) is 0 Å². The van der Waals surface area contributed by atoms with Crippen molar-refractivity contribution < 1.29 is 4.79 Å². The molecule has 0 saturated carbocycles. The summed E-state index contributed by atoms with van der Waals surface area (Å²) in [6.07, 6.45) is 0. The minimum Gasteiger partial charge on any atom is -0.306 e. The second-order valence-electron chi connectivity index (χ2n) is 3.32. The molecular weight excluding hydrogens is 264 g/mol. The van der Waals surface area contributed by atoms with E-state index in [1.54, 1.807) is 11.3 Å². The Morgan fingerprint density at radius 3 is 3.00 bits per heavy atom. The number of carbonyl (C=O) groups is 1. The standard InChI is InChI=1S/C9H11BrN2OS/c1-6-4-11-5-8(13)12(6)9-3-2-7(10)14-9/h2-3,6,11H,4-5H2,1H3. The van der Waals surface area contributed by atoms with E-state index in [1.807, 2.05) is 17.0 Å². The normalized spacial score (nSPS) is 22.9. The minimum atomic E-state index is 0.151. The Balaban J connectivity index is 2.26. The zero-order valence-electron chi connectivity index (χ0n) is 7.79. The van der Waals surface area contributed by atoms with Gasteiger partial charge in [0.1, 0.15) is 0 Å². The van der Waals surface area contributed by atoms with Crippen LogP contribution in [0.2, 0.25) is 0 Å². The van der Waals surface area contributed by atoms with Gasteiger partial charge in [-0.15, -0.1) is 11.3 Å². The number of halogens is 1. The number of rotatable bonds is 1. The van der Waals surface area contributed by atoms with E-state index in [2.05, 4.69) is 28.2 Å². The van der Waals surface area contributed by atoms with Gasteiger partial charge in [-0.1, -0.05) is 0 Å². The highest BCUT2D eigenvalue weighted by Gasteiger charge is 2.26. The molecule has 0 bridgehead atoms. The number of hydrogen-bond acceptors (Lipinski definition) is 3. The number of hydrogen-bond donors (Lipinski definition) is 1. The van der Waals surface area contributed by atoms with Gasteiger partial charge in [-0.3, -0.25) is 9.69 Å². The van der Waals surface area contributed by atoms with Gasteiger partial charge in [0, 0.05) is 12.6 Å². The molecule has 3 nitrogen and oxygen atoms in total. The molecule has 1 amide bonds. The molecule has 1 unspecified atom stereocenters. The lowest BCUT2D eigenvalue weighted by atomic mass is 10.2. The van der Waals surface area contributed by atoms with Crippen LogP contribution >= 0.6 is 27.3 Å². The minimum absolute atomic E-state index is 0.151. The van der Waals surface area contributed by atoms with Crippen molar-refractivity contribution in [1.29, 1.82) is 0 Å². The third kappa shape index (κ3) is 1.85. The SMILES string of the molecule is CC1CNCC(=O)N1c1ccc(Br)s1. The van der Waals surface area contributed by atoms with Gasteiger partial charge in [-0.25, -0.2) is 0 Å². The summed E-state index contributed by atoms with van der Waals surface area (Å²) in [4.78, 5) is 13.5. The number of amides is 1. The maximum Gasteiger partial charge on any atom is 0.241 e. The monoisotopic (exact) mass is 274 g/mol. The molecule has 2 rings (SSSR count). The summed E-state index contributed by atoms with van der Waals surface area (Å²) in [6, 6.07) is 4.19. The molecule has 14 heavy (non-hydrogen) atoms. The van der Waals surface area contributed by atoms with Crippen molar-refractivity contribution in [3.8, 4) is 0 Å². The molecule has 0 aromatic carbocycles. The number of piperazine rings is 1. The molecule has 1 N–H and O–H groups in total. The van der Waals surface area contributed by atoms with Crippen molar-refractivity contribution in [2.75, 3.05) is 18.0 Å². The van der Waals surface area contributed by atoms with Gasteiger partial charge in [0.15, 0.2) is 0 Å². The summed E-state index contributed by atoms with van der Waals surface area (Å²) < 4.78 is 1.06. The van der Waals surface area contributed by atoms with Gasteiger partial charge in [0.2, 0.25) is 5.91 Å². The Kier molecular flexibility index (Phi) is 2.90. The lowest BCUT2D eigenvalue weighted by Crippen LogP contribution is -2.53. The van der Waals surface area contributed by atoms with Crippen LogP contribution in [0.1, 0.15) is 6.92 Å². The van der Waals surface area contributed by atoms with Crippen molar-refractivity contribution >= 4 is 38.2 Å². The highest BCUT2D eigenvalue weighted by Crippen LogP contribution is 2.31. The van der Waals surface area contributed by atoms with Gasteiger partial charge in [0.05, 0.1) is 15.3 Å². The summed E-state index contributed by atoms with van der Waals surface area (Å²) in [5.74, 6) is 0.151. The fourth-order valence-electron chi connectivity index (χ4n) is 1.58. The molecule has 1 aromatic rings. The summed E-state index contributed by atoms with van der Waals surface area (Å²) in [6.45, 7) is 3.36. The first-order valence-corrected chi connectivity index (χ1v) is 6.07. The summed E-state index contributed by atoms with van der Waals surface area (Å²) in [7, 11) is 0. The quantitative estimate of drug-likeness (QED) is 0.848. The molecule has 0 spiro atoms. The van der Waals surface area contributed by atoms with Gasteiger partial charge in [-0.2, -0.15) is 0 Å². The topological polar surface area (TPSA) is 32.3 Å². The average Bonchev–Trinajstić information content (AvgIpc) is 2.51. The van der Waals surface area contributed by atoms with Gasteiger partial charge in [0.25, 0.3) is 0 Å². The van der Waals surface area contributed by atoms with E-state index in [9.17, 15) is 4.79 Å². The molecule has 1 aliphatic heterocycles. The van der Waals surface area contributed by atoms with Gasteiger partial charge in [-0.05, 0) is 35.0 Å². The number of thiophene rings is 1. The van der Waals surface area contributed by atoms with E-state index in [1.165, 1.54) is 0 Å². The van der Waals surface area contributed by atoms with E-state index < -0.39 is 0 Å². The average molecular weight is 275 g/mol. The van der Waals surface area contributed by atoms with Crippen LogP contribution in [-0.2, 0) is 4.79 Å². The van der Waals surface area contributed by atoms with Crippen molar-refractivity contribution in [3.05, 3.63) is 15.9 Å². The first-order chi connectivity index (χ1) is 6.68. The second kappa shape index (κ2) is 4.00. The Hall–Kier alpha value is -0.390. The van der Waals surface area contributed by atoms with E-state index >= 15 is 0 Å². The van der Waals surface area contributed by atoms with Crippen LogP contribution < -0.4 is 10.2 Å². The number of nitrogens with zero attached hydrogens (tertiary/aromatic N) is 1. The van der Waals surface area contributed by atoms with Crippen LogP contribution in [0.5, 0.6) is 0 Å². The highest BCUT2D eigenvalue weighted by atomic mass is 79.9. The molecule has 0 aliphatic carbocycles. The zero-order valence-corrected chi connectivity index (χ0v) is 10.2. The van der Waals surface area contributed by atoms with Crippen LogP contribution in [0.4, 0.5) is 5.00 Å². The van der Waals surface area contributed by atoms with Crippen LogP contribution in [0.3, 0.4) is 0 Å². The maximum absolute atomic E-state index is 11.7. The Morgan fingerprint density at radius 1 is 1.64 bits per heavy atom. The number of anilines is 1. The molecule has 1 aromatic heterocycles. The molecular formula is C9H11BrN2OS. The molecule has 1 aliphatic rings.